The number of nitriles is 1. The van der Waals surface area contributed by atoms with E-state index in [0.717, 1.165) is 22.2 Å². The summed E-state index contributed by atoms with van der Waals surface area (Å²) in [7, 11) is 0. The second-order valence-electron chi connectivity index (χ2n) is 8.54. The SMILES string of the molecule is CC1(C)CC(=O)C2=C(C1)N(N1CCOCC1)C(N)=C(C#N)C2c1ccccc1Br. The van der Waals surface area contributed by atoms with Crippen LogP contribution < -0.4 is 5.73 Å². The molecule has 0 spiro atoms. The molecule has 1 aromatic carbocycles. The lowest BCUT2D eigenvalue weighted by Crippen LogP contribution is -2.53. The summed E-state index contributed by atoms with van der Waals surface area (Å²) in [5.74, 6) is 0.0568. The standard InChI is InChI=1S/C22H25BrN4O2/c1-22(2)11-17-20(18(28)12-22)19(14-5-3-4-6-16(14)23)15(13-24)21(25)27(17)26-7-9-29-10-8-26/h3-6,19H,7-12,25H2,1-2H3. The molecule has 0 saturated carbocycles. The van der Waals surface area contributed by atoms with E-state index in [0.29, 0.717) is 49.7 Å². The van der Waals surface area contributed by atoms with Crippen LogP contribution in [0.5, 0.6) is 0 Å². The van der Waals surface area contributed by atoms with Gasteiger partial charge in [-0.15, -0.1) is 0 Å². The fraction of sp³-hybridized carbons (Fsp3) is 0.455. The number of benzene rings is 1. The van der Waals surface area contributed by atoms with Gasteiger partial charge in [0.2, 0.25) is 0 Å². The third kappa shape index (κ3) is 3.50. The van der Waals surface area contributed by atoms with E-state index in [1.807, 2.05) is 29.3 Å². The van der Waals surface area contributed by atoms with E-state index in [1.165, 1.54) is 0 Å². The number of Topliss-reactive ketones (excluding diaryl/α,β-unsaturated/α-hetero) is 1. The molecular formula is C22H25BrN4O2. The van der Waals surface area contributed by atoms with Gasteiger partial charge in [-0.2, -0.15) is 5.26 Å². The van der Waals surface area contributed by atoms with Crippen molar-refractivity contribution in [1.29, 1.82) is 5.26 Å². The third-order valence-corrected chi connectivity index (χ3v) is 6.56. The summed E-state index contributed by atoms with van der Waals surface area (Å²) in [6.07, 6.45) is 1.19. The van der Waals surface area contributed by atoms with Gasteiger partial charge in [0, 0.05) is 35.3 Å². The first-order chi connectivity index (χ1) is 13.8. The molecule has 3 aliphatic rings. The third-order valence-electron chi connectivity index (χ3n) is 5.84. The molecular weight excluding hydrogens is 432 g/mol. The van der Waals surface area contributed by atoms with Crippen LogP contribution in [0.2, 0.25) is 0 Å². The van der Waals surface area contributed by atoms with Gasteiger partial charge in [-0.1, -0.05) is 48.0 Å². The maximum absolute atomic E-state index is 13.4. The van der Waals surface area contributed by atoms with Crippen molar-refractivity contribution in [3.05, 3.63) is 57.0 Å². The fourth-order valence-electron chi connectivity index (χ4n) is 4.59. The molecule has 0 amide bonds. The van der Waals surface area contributed by atoms with Crippen LogP contribution in [0, 0.1) is 16.7 Å². The Morgan fingerprint density at radius 2 is 1.93 bits per heavy atom. The highest BCUT2D eigenvalue weighted by Gasteiger charge is 2.46. The predicted molar refractivity (Wildman–Crippen MR) is 113 cm³/mol. The van der Waals surface area contributed by atoms with Crippen LogP contribution in [0.25, 0.3) is 0 Å². The summed E-state index contributed by atoms with van der Waals surface area (Å²) in [5.41, 5.74) is 9.41. The Labute approximate surface area is 179 Å². The van der Waals surface area contributed by atoms with E-state index in [1.54, 1.807) is 0 Å². The Morgan fingerprint density at radius 3 is 2.59 bits per heavy atom. The summed E-state index contributed by atoms with van der Waals surface area (Å²) in [6, 6.07) is 10.1. The molecule has 4 rings (SSSR count). The molecule has 1 aromatic rings. The molecule has 1 aliphatic carbocycles. The van der Waals surface area contributed by atoms with Gasteiger partial charge >= 0.3 is 0 Å². The minimum absolute atomic E-state index is 0.0931. The molecule has 1 atom stereocenters. The Bertz CT molecular complexity index is 954. The number of allylic oxidation sites excluding steroid dienone is 3. The first-order valence-corrected chi connectivity index (χ1v) is 10.7. The zero-order valence-electron chi connectivity index (χ0n) is 16.7. The van der Waals surface area contributed by atoms with Crippen LogP contribution in [-0.4, -0.2) is 42.1 Å². The lowest BCUT2D eigenvalue weighted by molar-refractivity contribution is -0.119. The molecule has 2 heterocycles. The van der Waals surface area contributed by atoms with Crippen LogP contribution in [-0.2, 0) is 9.53 Å². The second kappa shape index (κ2) is 7.60. The molecule has 0 aromatic heterocycles. The number of carbonyl (C=O) groups excluding carboxylic acids is 1. The number of halogens is 1. The summed E-state index contributed by atoms with van der Waals surface area (Å²) in [6.45, 7) is 6.76. The number of hydrazine groups is 1. The Kier molecular flexibility index (Phi) is 5.28. The van der Waals surface area contributed by atoms with Crippen LogP contribution in [0.4, 0.5) is 0 Å². The fourth-order valence-corrected chi connectivity index (χ4v) is 5.10. The zero-order chi connectivity index (χ0) is 20.8. The van der Waals surface area contributed by atoms with Crippen molar-refractivity contribution in [1.82, 2.24) is 10.0 Å². The molecule has 1 fully saturated rings. The largest absolute Gasteiger partial charge is 0.383 e. The summed E-state index contributed by atoms with van der Waals surface area (Å²) in [5, 5.41) is 14.1. The Morgan fingerprint density at radius 1 is 1.24 bits per heavy atom. The van der Waals surface area contributed by atoms with Gasteiger partial charge in [-0.05, 0) is 23.5 Å². The monoisotopic (exact) mass is 456 g/mol. The van der Waals surface area contributed by atoms with Gasteiger partial charge in [0.1, 0.15) is 5.82 Å². The number of nitrogens with zero attached hydrogens (tertiary/aromatic N) is 3. The molecule has 0 bridgehead atoms. The van der Waals surface area contributed by atoms with Gasteiger partial charge in [-0.3, -0.25) is 9.80 Å². The predicted octanol–water partition coefficient (Wildman–Crippen LogP) is 3.43. The maximum atomic E-state index is 13.4. The highest BCUT2D eigenvalue weighted by atomic mass is 79.9. The summed E-state index contributed by atoms with van der Waals surface area (Å²) >= 11 is 3.61. The average molecular weight is 457 g/mol. The van der Waals surface area contributed by atoms with Crippen molar-refractivity contribution in [2.24, 2.45) is 11.1 Å². The minimum atomic E-state index is -0.452. The molecule has 1 unspecified atom stereocenters. The normalized spacial score (nSPS) is 25.1. The van der Waals surface area contributed by atoms with Crippen molar-refractivity contribution >= 4 is 21.7 Å². The smallest absolute Gasteiger partial charge is 0.162 e. The number of rotatable bonds is 2. The van der Waals surface area contributed by atoms with Gasteiger partial charge in [0.15, 0.2) is 5.78 Å². The van der Waals surface area contributed by atoms with Crippen molar-refractivity contribution in [2.75, 3.05) is 26.3 Å². The molecule has 0 radical (unpaired) electrons. The summed E-state index contributed by atoms with van der Waals surface area (Å²) < 4.78 is 6.37. The Balaban J connectivity index is 1.94. The van der Waals surface area contributed by atoms with Crippen LogP contribution in [0.3, 0.4) is 0 Å². The second-order valence-corrected chi connectivity index (χ2v) is 9.40. The number of ether oxygens (including phenoxy) is 1. The van der Waals surface area contributed by atoms with Crippen LogP contribution in [0.1, 0.15) is 38.2 Å². The number of morpholine rings is 1. The van der Waals surface area contributed by atoms with E-state index in [-0.39, 0.29) is 11.2 Å². The first-order valence-electron chi connectivity index (χ1n) is 9.87. The van der Waals surface area contributed by atoms with E-state index >= 15 is 0 Å². The quantitative estimate of drug-likeness (QED) is 0.733. The van der Waals surface area contributed by atoms with Crippen LogP contribution >= 0.6 is 15.9 Å². The van der Waals surface area contributed by atoms with Gasteiger partial charge < -0.3 is 10.5 Å². The highest BCUT2D eigenvalue weighted by molar-refractivity contribution is 9.10. The lowest BCUT2D eigenvalue weighted by Gasteiger charge is -2.48. The topological polar surface area (TPSA) is 82.6 Å². The number of hydrogen-bond acceptors (Lipinski definition) is 6. The van der Waals surface area contributed by atoms with Crippen molar-refractivity contribution < 1.29 is 9.53 Å². The van der Waals surface area contributed by atoms with E-state index in [4.69, 9.17) is 10.5 Å². The molecule has 6 nitrogen and oxygen atoms in total. The molecule has 2 N–H and O–H groups in total. The van der Waals surface area contributed by atoms with E-state index < -0.39 is 5.92 Å². The van der Waals surface area contributed by atoms with Crippen molar-refractivity contribution in [2.45, 2.75) is 32.6 Å². The first kappa shape index (κ1) is 20.1. The molecule has 152 valence electrons. The number of carbonyl (C=O) groups is 1. The van der Waals surface area contributed by atoms with Crippen LogP contribution in [0.15, 0.2) is 51.4 Å². The number of nitrogens with two attached hydrogens (primary N) is 1. The van der Waals surface area contributed by atoms with Crippen molar-refractivity contribution in [3.63, 3.8) is 0 Å². The lowest BCUT2D eigenvalue weighted by atomic mass is 9.69. The molecule has 7 heteroatoms. The maximum Gasteiger partial charge on any atom is 0.162 e. The molecule has 29 heavy (non-hydrogen) atoms. The number of hydrogen-bond donors (Lipinski definition) is 1. The zero-order valence-corrected chi connectivity index (χ0v) is 18.3. The number of ketones is 1. The van der Waals surface area contributed by atoms with Gasteiger partial charge in [0.25, 0.3) is 0 Å². The molecule has 2 aliphatic heterocycles. The highest BCUT2D eigenvalue weighted by Crippen LogP contribution is 2.50. The average Bonchev–Trinajstić information content (AvgIpc) is 2.67. The summed E-state index contributed by atoms with van der Waals surface area (Å²) in [4.78, 5) is 13.4. The van der Waals surface area contributed by atoms with E-state index in [9.17, 15) is 10.1 Å². The van der Waals surface area contributed by atoms with Gasteiger partial charge in [-0.25, -0.2) is 5.01 Å². The van der Waals surface area contributed by atoms with E-state index in [2.05, 4.69) is 40.9 Å². The minimum Gasteiger partial charge on any atom is -0.383 e. The van der Waals surface area contributed by atoms with Crippen molar-refractivity contribution in [3.8, 4) is 6.07 Å². The Hall–Kier alpha value is -2.14. The van der Waals surface area contributed by atoms with Gasteiger partial charge in [0.05, 0.1) is 30.8 Å². The molecule has 1 saturated heterocycles.